The Morgan fingerprint density at radius 1 is 0.957 bits per heavy atom. The summed E-state index contributed by atoms with van der Waals surface area (Å²) in [6.45, 7) is 10.7. The molecule has 0 saturated heterocycles. The van der Waals surface area contributed by atoms with E-state index in [1.807, 2.05) is 36.4 Å². The maximum Gasteiger partial charge on any atom is 0.170 e. The lowest BCUT2D eigenvalue weighted by molar-refractivity contribution is 0.0956. The van der Waals surface area contributed by atoms with Crippen LogP contribution >= 0.6 is 0 Å². The van der Waals surface area contributed by atoms with Crippen molar-refractivity contribution >= 4 is 5.78 Å². The number of hydrogen-bond donors (Lipinski definition) is 0. The van der Waals surface area contributed by atoms with E-state index in [0.29, 0.717) is 11.8 Å². The number of Topliss-reactive ketones (excluding diaryl/α,β-unsaturated/α-hetero) is 1. The van der Waals surface area contributed by atoms with Gasteiger partial charge < -0.3 is 0 Å². The van der Waals surface area contributed by atoms with Gasteiger partial charge >= 0.3 is 0 Å². The third-order valence-electron chi connectivity index (χ3n) is 4.39. The molecule has 1 nitrogen and oxygen atoms in total. The van der Waals surface area contributed by atoms with Gasteiger partial charge in [0.1, 0.15) is 0 Å². The molecule has 2 aromatic rings. The van der Waals surface area contributed by atoms with E-state index in [0.717, 1.165) is 23.1 Å². The molecule has 2 aromatic carbocycles. The fourth-order valence-corrected chi connectivity index (χ4v) is 2.98. The summed E-state index contributed by atoms with van der Waals surface area (Å²) in [5, 5.41) is 0. The SMILES string of the molecule is CCC(C(=O)c1ccc(C(C)C)[c]c1C(C)C)c1ccccc1. The van der Waals surface area contributed by atoms with Gasteiger partial charge in [-0.25, -0.2) is 0 Å². The third-order valence-corrected chi connectivity index (χ3v) is 4.39. The van der Waals surface area contributed by atoms with Crippen LogP contribution < -0.4 is 0 Å². The molecule has 0 bridgehead atoms. The summed E-state index contributed by atoms with van der Waals surface area (Å²) in [5.41, 5.74) is 4.16. The summed E-state index contributed by atoms with van der Waals surface area (Å²) in [5.74, 6) is 0.856. The summed E-state index contributed by atoms with van der Waals surface area (Å²) in [4.78, 5) is 13.2. The highest BCUT2D eigenvalue weighted by Gasteiger charge is 2.23. The Labute approximate surface area is 140 Å². The van der Waals surface area contributed by atoms with E-state index in [9.17, 15) is 4.79 Å². The zero-order chi connectivity index (χ0) is 17.0. The maximum absolute atomic E-state index is 13.2. The van der Waals surface area contributed by atoms with Gasteiger partial charge in [-0.15, -0.1) is 0 Å². The van der Waals surface area contributed by atoms with Crippen molar-refractivity contribution in [2.24, 2.45) is 0 Å². The average Bonchev–Trinajstić information content (AvgIpc) is 2.55. The normalized spacial score (nSPS) is 12.7. The first kappa shape index (κ1) is 17.5. The molecule has 0 amide bonds. The van der Waals surface area contributed by atoms with Crippen molar-refractivity contribution in [3.63, 3.8) is 0 Å². The molecular weight excluding hydrogens is 280 g/mol. The second-order valence-electron chi connectivity index (χ2n) is 6.79. The Morgan fingerprint density at radius 3 is 2.13 bits per heavy atom. The van der Waals surface area contributed by atoms with Crippen LogP contribution in [-0.2, 0) is 0 Å². The number of rotatable bonds is 6. The van der Waals surface area contributed by atoms with Crippen molar-refractivity contribution < 1.29 is 4.79 Å². The van der Waals surface area contributed by atoms with Crippen molar-refractivity contribution in [2.75, 3.05) is 0 Å². The number of ketones is 1. The number of carbonyl (C=O) groups excluding carboxylic acids is 1. The average molecular weight is 307 g/mol. The smallest absolute Gasteiger partial charge is 0.170 e. The highest BCUT2D eigenvalue weighted by molar-refractivity contribution is 6.02. The van der Waals surface area contributed by atoms with E-state index in [4.69, 9.17) is 0 Å². The molecule has 23 heavy (non-hydrogen) atoms. The summed E-state index contributed by atoms with van der Waals surface area (Å²) < 4.78 is 0. The molecular formula is C22H27O. The van der Waals surface area contributed by atoms with Gasteiger partial charge in [0.15, 0.2) is 5.78 Å². The summed E-state index contributed by atoms with van der Waals surface area (Å²) in [6, 6.07) is 17.7. The molecule has 1 heteroatoms. The lowest BCUT2D eigenvalue weighted by Crippen LogP contribution is -2.15. The van der Waals surface area contributed by atoms with E-state index < -0.39 is 0 Å². The van der Waals surface area contributed by atoms with Gasteiger partial charge in [-0.3, -0.25) is 4.79 Å². The van der Waals surface area contributed by atoms with E-state index >= 15 is 0 Å². The Bertz CT molecular complexity index is 653. The van der Waals surface area contributed by atoms with Gasteiger partial charge in [-0.1, -0.05) is 77.1 Å². The minimum Gasteiger partial charge on any atom is -0.293 e. The van der Waals surface area contributed by atoms with Crippen LogP contribution in [0.3, 0.4) is 0 Å². The molecule has 121 valence electrons. The molecule has 0 N–H and O–H groups in total. The first-order valence-corrected chi connectivity index (χ1v) is 8.60. The summed E-state index contributed by atoms with van der Waals surface area (Å²) in [7, 11) is 0. The second kappa shape index (κ2) is 7.59. The van der Waals surface area contributed by atoms with Crippen LogP contribution in [0.15, 0.2) is 42.5 Å². The predicted octanol–water partition coefficient (Wildman–Crippen LogP) is 6.11. The van der Waals surface area contributed by atoms with Crippen molar-refractivity contribution in [3.05, 3.63) is 70.8 Å². The molecule has 0 aliphatic heterocycles. The standard InChI is InChI=1S/C22H27O/c1-6-19(17-10-8-7-9-11-17)22(23)20-13-12-18(15(2)3)14-21(20)16(4)5/h7-13,15-16,19H,6H2,1-5H3. The van der Waals surface area contributed by atoms with Crippen LogP contribution in [0.2, 0.25) is 0 Å². The van der Waals surface area contributed by atoms with Crippen LogP contribution in [0.4, 0.5) is 0 Å². The van der Waals surface area contributed by atoms with Crippen LogP contribution in [0.25, 0.3) is 0 Å². The Morgan fingerprint density at radius 2 is 1.61 bits per heavy atom. The van der Waals surface area contributed by atoms with Crippen LogP contribution in [0.1, 0.15) is 85.8 Å². The molecule has 1 radical (unpaired) electrons. The Balaban J connectivity index is 2.45. The topological polar surface area (TPSA) is 17.1 Å². The Kier molecular flexibility index (Phi) is 5.76. The molecule has 0 spiro atoms. The molecule has 1 atom stereocenters. The minimum atomic E-state index is -0.0769. The molecule has 0 aliphatic carbocycles. The largest absolute Gasteiger partial charge is 0.293 e. The van der Waals surface area contributed by atoms with Gasteiger partial charge in [0, 0.05) is 11.5 Å². The van der Waals surface area contributed by atoms with Gasteiger partial charge in [-0.2, -0.15) is 0 Å². The van der Waals surface area contributed by atoms with E-state index in [1.165, 1.54) is 5.56 Å². The van der Waals surface area contributed by atoms with E-state index in [-0.39, 0.29) is 11.7 Å². The van der Waals surface area contributed by atoms with Crippen molar-refractivity contribution in [1.82, 2.24) is 0 Å². The predicted molar refractivity (Wildman–Crippen MR) is 97.3 cm³/mol. The van der Waals surface area contributed by atoms with Crippen molar-refractivity contribution in [2.45, 2.75) is 58.8 Å². The second-order valence-corrected chi connectivity index (χ2v) is 6.79. The third kappa shape index (κ3) is 3.90. The van der Waals surface area contributed by atoms with E-state index in [1.54, 1.807) is 0 Å². The van der Waals surface area contributed by atoms with Crippen molar-refractivity contribution in [3.8, 4) is 0 Å². The fourth-order valence-electron chi connectivity index (χ4n) is 2.98. The lowest BCUT2D eigenvalue weighted by Gasteiger charge is -2.19. The highest BCUT2D eigenvalue weighted by Crippen LogP contribution is 2.30. The zero-order valence-electron chi connectivity index (χ0n) is 14.9. The van der Waals surface area contributed by atoms with Gasteiger partial charge in [-0.05, 0) is 41.0 Å². The van der Waals surface area contributed by atoms with Gasteiger partial charge in [0.2, 0.25) is 0 Å². The van der Waals surface area contributed by atoms with Crippen LogP contribution in [0.5, 0.6) is 0 Å². The summed E-state index contributed by atoms with van der Waals surface area (Å²) >= 11 is 0. The first-order chi connectivity index (χ1) is 11.0. The number of benzene rings is 2. The fraction of sp³-hybridized carbons (Fsp3) is 0.409. The minimum absolute atomic E-state index is 0.0769. The molecule has 0 saturated carbocycles. The van der Waals surface area contributed by atoms with E-state index in [2.05, 4.69) is 46.8 Å². The summed E-state index contributed by atoms with van der Waals surface area (Å²) in [6.07, 6.45) is 0.812. The highest BCUT2D eigenvalue weighted by atomic mass is 16.1. The molecule has 0 aliphatic rings. The monoisotopic (exact) mass is 307 g/mol. The Hall–Kier alpha value is -1.89. The maximum atomic E-state index is 13.2. The molecule has 0 heterocycles. The molecule has 0 aromatic heterocycles. The van der Waals surface area contributed by atoms with Crippen LogP contribution in [-0.4, -0.2) is 5.78 Å². The number of hydrogen-bond acceptors (Lipinski definition) is 1. The molecule has 0 fully saturated rings. The number of carbonyl (C=O) groups is 1. The first-order valence-electron chi connectivity index (χ1n) is 8.60. The molecule has 2 rings (SSSR count). The molecule has 1 unspecified atom stereocenters. The van der Waals surface area contributed by atoms with Crippen molar-refractivity contribution in [1.29, 1.82) is 0 Å². The van der Waals surface area contributed by atoms with Gasteiger partial charge in [0.05, 0.1) is 0 Å². The van der Waals surface area contributed by atoms with Gasteiger partial charge in [0.25, 0.3) is 0 Å². The van der Waals surface area contributed by atoms with Crippen LogP contribution in [0, 0.1) is 6.07 Å². The quantitative estimate of drug-likeness (QED) is 0.588. The lowest BCUT2D eigenvalue weighted by atomic mass is 9.83. The zero-order valence-corrected chi connectivity index (χ0v) is 14.9.